The van der Waals surface area contributed by atoms with Gasteiger partial charge < -0.3 is 10.4 Å². The standard InChI is InChI=1S/C13H16N2O5S/c1-8-9(4-3-5-11(8)15(19)20)12(16)14-10(13(17)18)6-7-21-2/h3-5,10H,6-7H2,1-2H3,(H,14,16)(H,17,18)/t10-/m0/s1. The maximum Gasteiger partial charge on any atom is 0.326 e. The van der Waals surface area contributed by atoms with Crippen molar-refractivity contribution in [2.75, 3.05) is 12.0 Å². The molecule has 0 aliphatic heterocycles. The molecule has 8 heteroatoms. The molecule has 0 aliphatic rings. The van der Waals surface area contributed by atoms with Crippen molar-refractivity contribution in [2.24, 2.45) is 0 Å². The summed E-state index contributed by atoms with van der Waals surface area (Å²) in [6.07, 6.45) is 2.13. The molecule has 0 spiro atoms. The number of amides is 1. The lowest BCUT2D eigenvalue weighted by Gasteiger charge is -2.14. The predicted molar refractivity (Wildman–Crippen MR) is 79.7 cm³/mol. The smallest absolute Gasteiger partial charge is 0.326 e. The summed E-state index contributed by atoms with van der Waals surface area (Å²) in [7, 11) is 0. The normalized spacial score (nSPS) is 11.7. The second-order valence-corrected chi connectivity index (χ2v) is 5.34. The van der Waals surface area contributed by atoms with Gasteiger partial charge in [0, 0.05) is 17.2 Å². The Balaban J connectivity index is 2.95. The molecule has 0 saturated heterocycles. The Hall–Kier alpha value is -2.09. The van der Waals surface area contributed by atoms with E-state index >= 15 is 0 Å². The number of nitrogens with zero attached hydrogens (tertiary/aromatic N) is 1. The molecular formula is C13H16N2O5S. The third-order valence-electron chi connectivity index (χ3n) is 2.96. The first-order chi connectivity index (χ1) is 9.88. The Kier molecular flexibility index (Phi) is 6.16. The van der Waals surface area contributed by atoms with E-state index in [9.17, 15) is 19.7 Å². The minimum absolute atomic E-state index is 0.111. The van der Waals surface area contributed by atoms with Crippen LogP contribution in [0, 0.1) is 17.0 Å². The Morgan fingerprint density at radius 1 is 1.48 bits per heavy atom. The zero-order chi connectivity index (χ0) is 16.0. The number of hydrogen-bond acceptors (Lipinski definition) is 5. The van der Waals surface area contributed by atoms with E-state index in [-0.39, 0.29) is 23.2 Å². The Bertz CT molecular complexity index is 561. The lowest BCUT2D eigenvalue weighted by atomic mass is 10.1. The van der Waals surface area contributed by atoms with E-state index in [1.54, 1.807) is 0 Å². The maximum atomic E-state index is 12.1. The third-order valence-corrected chi connectivity index (χ3v) is 3.60. The largest absolute Gasteiger partial charge is 0.480 e. The van der Waals surface area contributed by atoms with Crippen LogP contribution in [0.1, 0.15) is 22.3 Å². The van der Waals surface area contributed by atoms with Gasteiger partial charge in [-0.15, -0.1) is 0 Å². The van der Waals surface area contributed by atoms with Crippen LogP contribution in [0.15, 0.2) is 18.2 Å². The lowest BCUT2D eigenvalue weighted by molar-refractivity contribution is -0.385. The van der Waals surface area contributed by atoms with Crippen LogP contribution >= 0.6 is 11.8 Å². The SMILES string of the molecule is CSCC[C@H](NC(=O)c1cccc([N+](=O)[O-])c1C)C(=O)O. The Labute approximate surface area is 125 Å². The molecule has 0 heterocycles. The third kappa shape index (κ3) is 4.45. The quantitative estimate of drug-likeness (QED) is 0.587. The number of rotatable bonds is 7. The van der Waals surface area contributed by atoms with Gasteiger partial charge in [0.2, 0.25) is 0 Å². The lowest BCUT2D eigenvalue weighted by Crippen LogP contribution is -2.41. The van der Waals surface area contributed by atoms with E-state index in [4.69, 9.17) is 5.11 Å². The summed E-state index contributed by atoms with van der Waals surface area (Å²) in [5.74, 6) is -1.16. The summed E-state index contributed by atoms with van der Waals surface area (Å²) in [6, 6.07) is 3.13. The van der Waals surface area contributed by atoms with Crippen LogP contribution in [0.25, 0.3) is 0 Å². The molecule has 1 aromatic rings. The number of carboxylic acids is 1. The van der Waals surface area contributed by atoms with Crippen LogP contribution in [0.3, 0.4) is 0 Å². The topological polar surface area (TPSA) is 110 Å². The fraction of sp³-hybridized carbons (Fsp3) is 0.385. The van der Waals surface area contributed by atoms with E-state index in [0.717, 1.165) is 0 Å². The molecule has 7 nitrogen and oxygen atoms in total. The van der Waals surface area contributed by atoms with E-state index in [2.05, 4.69) is 5.32 Å². The van der Waals surface area contributed by atoms with Gasteiger partial charge in [-0.2, -0.15) is 11.8 Å². The number of thioether (sulfide) groups is 1. The van der Waals surface area contributed by atoms with Gasteiger partial charge >= 0.3 is 5.97 Å². The number of benzene rings is 1. The number of aliphatic carboxylic acids is 1. The molecule has 1 amide bonds. The van der Waals surface area contributed by atoms with Crippen molar-refractivity contribution in [1.29, 1.82) is 0 Å². The summed E-state index contributed by atoms with van der Waals surface area (Å²) < 4.78 is 0. The van der Waals surface area contributed by atoms with E-state index in [1.807, 2.05) is 6.26 Å². The van der Waals surface area contributed by atoms with Crippen molar-refractivity contribution in [3.05, 3.63) is 39.4 Å². The van der Waals surface area contributed by atoms with Crippen molar-refractivity contribution < 1.29 is 19.6 Å². The number of nitro benzene ring substituents is 1. The average molecular weight is 312 g/mol. The van der Waals surface area contributed by atoms with Gasteiger partial charge in [-0.05, 0) is 31.4 Å². The number of carbonyl (C=O) groups excluding carboxylic acids is 1. The summed E-state index contributed by atoms with van der Waals surface area (Å²) in [5.41, 5.74) is 0.159. The van der Waals surface area contributed by atoms with E-state index < -0.39 is 22.8 Å². The van der Waals surface area contributed by atoms with Gasteiger partial charge in [-0.1, -0.05) is 6.07 Å². The predicted octanol–water partition coefficient (Wildman–Crippen LogP) is 1.84. The highest BCUT2D eigenvalue weighted by Gasteiger charge is 2.23. The van der Waals surface area contributed by atoms with Crippen molar-refractivity contribution >= 4 is 29.3 Å². The van der Waals surface area contributed by atoms with Crippen LogP contribution in [0.5, 0.6) is 0 Å². The zero-order valence-corrected chi connectivity index (χ0v) is 12.5. The second kappa shape index (κ2) is 7.63. The molecule has 0 unspecified atom stereocenters. The minimum atomic E-state index is -1.12. The number of hydrogen-bond donors (Lipinski definition) is 2. The van der Waals surface area contributed by atoms with Crippen molar-refractivity contribution in [2.45, 2.75) is 19.4 Å². The summed E-state index contributed by atoms with van der Waals surface area (Å²) >= 11 is 1.48. The number of carbonyl (C=O) groups is 2. The van der Waals surface area contributed by atoms with Gasteiger partial charge in [0.15, 0.2) is 0 Å². The molecule has 0 fully saturated rings. The van der Waals surface area contributed by atoms with E-state index in [0.29, 0.717) is 5.75 Å². The van der Waals surface area contributed by atoms with Crippen LogP contribution < -0.4 is 5.32 Å². The molecule has 0 aromatic heterocycles. The molecule has 21 heavy (non-hydrogen) atoms. The summed E-state index contributed by atoms with van der Waals surface area (Å²) in [5, 5.41) is 22.3. The van der Waals surface area contributed by atoms with Crippen LogP contribution in [0.2, 0.25) is 0 Å². The molecule has 0 saturated carbocycles. The Morgan fingerprint density at radius 3 is 2.67 bits per heavy atom. The minimum Gasteiger partial charge on any atom is -0.480 e. The monoisotopic (exact) mass is 312 g/mol. The highest BCUT2D eigenvalue weighted by Crippen LogP contribution is 2.21. The molecule has 1 atom stereocenters. The van der Waals surface area contributed by atoms with Crippen molar-refractivity contribution in [3.8, 4) is 0 Å². The molecule has 1 aromatic carbocycles. The first-order valence-corrected chi connectivity index (χ1v) is 7.54. The molecule has 0 bridgehead atoms. The highest BCUT2D eigenvalue weighted by molar-refractivity contribution is 7.98. The van der Waals surface area contributed by atoms with Gasteiger partial charge in [-0.25, -0.2) is 4.79 Å². The van der Waals surface area contributed by atoms with Gasteiger partial charge in [-0.3, -0.25) is 14.9 Å². The number of nitro groups is 1. The average Bonchev–Trinajstić information content (AvgIpc) is 2.42. The molecule has 0 aliphatic carbocycles. The highest BCUT2D eigenvalue weighted by atomic mass is 32.2. The van der Waals surface area contributed by atoms with Crippen molar-refractivity contribution in [3.63, 3.8) is 0 Å². The molecule has 1 rings (SSSR count). The zero-order valence-electron chi connectivity index (χ0n) is 11.7. The Morgan fingerprint density at radius 2 is 2.14 bits per heavy atom. The van der Waals surface area contributed by atoms with E-state index in [1.165, 1.54) is 36.9 Å². The van der Waals surface area contributed by atoms with Crippen LogP contribution in [-0.4, -0.2) is 40.0 Å². The number of nitrogens with one attached hydrogen (secondary N) is 1. The van der Waals surface area contributed by atoms with Gasteiger partial charge in [0.05, 0.1) is 4.92 Å². The van der Waals surface area contributed by atoms with Crippen LogP contribution in [-0.2, 0) is 4.79 Å². The summed E-state index contributed by atoms with van der Waals surface area (Å²) in [6.45, 7) is 1.46. The van der Waals surface area contributed by atoms with Gasteiger partial charge in [0.1, 0.15) is 6.04 Å². The molecule has 114 valence electrons. The first-order valence-electron chi connectivity index (χ1n) is 6.15. The fourth-order valence-electron chi connectivity index (χ4n) is 1.80. The maximum absolute atomic E-state index is 12.1. The molecule has 2 N–H and O–H groups in total. The molecule has 0 radical (unpaired) electrons. The number of carboxylic acid groups (broad SMARTS) is 1. The van der Waals surface area contributed by atoms with Crippen LogP contribution in [0.4, 0.5) is 5.69 Å². The molecular weight excluding hydrogens is 296 g/mol. The second-order valence-electron chi connectivity index (χ2n) is 4.35. The fourth-order valence-corrected chi connectivity index (χ4v) is 2.27. The summed E-state index contributed by atoms with van der Waals surface area (Å²) in [4.78, 5) is 33.5. The van der Waals surface area contributed by atoms with Gasteiger partial charge in [0.25, 0.3) is 11.6 Å². The first kappa shape index (κ1) is 17.0. The van der Waals surface area contributed by atoms with Crippen molar-refractivity contribution in [1.82, 2.24) is 5.32 Å².